The van der Waals surface area contributed by atoms with Gasteiger partial charge in [-0.25, -0.2) is 4.98 Å². The van der Waals surface area contributed by atoms with E-state index in [4.69, 9.17) is 0 Å². The number of piperidine rings is 1. The van der Waals surface area contributed by atoms with Gasteiger partial charge in [0.25, 0.3) is 11.8 Å². The number of nitrogens with zero attached hydrogens (tertiary/aromatic N) is 3. The summed E-state index contributed by atoms with van der Waals surface area (Å²) in [5.74, 6) is -1.75. The van der Waals surface area contributed by atoms with E-state index in [0.29, 0.717) is 30.9 Å². The van der Waals surface area contributed by atoms with E-state index in [-0.39, 0.29) is 17.4 Å². The Morgan fingerprint density at radius 1 is 0.973 bits per heavy atom. The quantitative estimate of drug-likeness (QED) is 0.426. The van der Waals surface area contributed by atoms with Crippen LogP contribution in [-0.4, -0.2) is 51.6 Å². The molecule has 1 fully saturated rings. The summed E-state index contributed by atoms with van der Waals surface area (Å²) in [5.41, 5.74) is 1.67. The normalized spacial score (nSPS) is 18.0. The molecule has 0 spiro atoms. The van der Waals surface area contributed by atoms with Crippen molar-refractivity contribution in [3.63, 3.8) is 0 Å². The summed E-state index contributed by atoms with van der Waals surface area (Å²) in [4.78, 5) is 32.5. The van der Waals surface area contributed by atoms with E-state index >= 15 is 0 Å². The number of hydrogen-bond donors (Lipinski definition) is 1. The first kappa shape index (κ1) is 24.4. The molecule has 1 aliphatic rings. The zero-order chi connectivity index (χ0) is 26.0. The third kappa shape index (κ3) is 5.42. The van der Waals surface area contributed by atoms with E-state index < -0.39 is 24.1 Å². The first-order valence-corrected chi connectivity index (χ1v) is 11.7. The van der Waals surface area contributed by atoms with Crippen LogP contribution in [0.1, 0.15) is 38.7 Å². The monoisotopic (exact) mass is 508 g/mol. The van der Waals surface area contributed by atoms with Gasteiger partial charge < -0.3 is 19.4 Å². The highest BCUT2D eigenvalue weighted by Crippen LogP contribution is 2.30. The maximum Gasteiger partial charge on any atom is 0.573 e. The molecule has 2 amide bonds. The second-order valence-electron chi connectivity index (χ2n) is 8.77. The summed E-state index contributed by atoms with van der Waals surface area (Å²) >= 11 is 0. The third-order valence-corrected chi connectivity index (χ3v) is 6.38. The molecule has 7 nitrogen and oxygen atoms in total. The number of hydrogen-bond acceptors (Lipinski definition) is 4. The Hall–Kier alpha value is -4.34. The van der Waals surface area contributed by atoms with Gasteiger partial charge in [-0.1, -0.05) is 48.5 Å². The largest absolute Gasteiger partial charge is 0.573 e. The van der Waals surface area contributed by atoms with Gasteiger partial charge in [0, 0.05) is 37.4 Å². The van der Waals surface area contributed by atoms with Crippen molar-refractivity contribution in [1.29, 1.82) is 0 Å². The van der Waals surface area contributed by atoms with Crippen molar-refractivity contribution in [2.24, 2.45) is 0 Å². The molecule has 0 bridgehead atoms. The fourth-order valence-electron chi connectivity index (χ4n) is 4.66. The number of fused-ring (bicyclic) bond motifs is 1. The summed E-state index contributed by atoms with van der Waals surface area (Å²) in [7, 11) is 0. The number of carbonyl (C=O) groups is 2. The van der Waals surface area contributed by atoms with Gasteiger partial charge in [-0.15, -0.1) is 13.2 Å². The zero-order valence-electron chi connectivity index (χ0n) is 19.6. The first-order valence-electron chi connectivity index (χ1n) is 11.7. The van der Waals surface area contributed by atoms with Crippen LogP contribution < -0.4 is 10.1 Å². The van der Waals surface area contributed by atoms with Crippen LogP contribution in [-0.2, 0) is 0 Å². The molecule has 1 saturated heterocycles. The van der Waals surface area contributed by atoms with Gasteiger partial charge in [-0.05, 0) is 36.2 Å². The molecule has 0 saturated carbocycles. The van der Waals surface area contributed by atoms with Gasteiger partial charge in [-0.3, -0.25) is 9.59 Å². The SMILES string of the molecule is O=C(N[C@@H]1CCN(C(=O)c2cn3ccccc3n2)C[C@@H]1c1ccccc1)c1ccccc1OC(F)(F)F. The highest BCUT2D eigenvalue weighted by molar-refractivity contribution is 5.97. The number of aromatic nitrogens is 2. The smallest absolute Gasteiger partial charge is 0.405 e. The molecule has 2 aromatic carbocycles. The summed E-state index contributed by atoms with van der Waals surface area (Å²) in [6.07, 6.45) is -1.02. The van der Waals surface area contributed by atoms with E-state index in [2.05, 4.69) is 15.0 Å². The highest BCUT2D eigenvalue weighted by Gasteiger charge is 2.36. The molecule has 1 aliphatic heterocycles. The molecule has 1 N–H and O–H groups in total. The van der Waals surface area contributed by atoms with Crippen LogP contribution >= 0.6 is 0 Å². The second kappa shape index (κ2) is 9.96. The van der Waals surface area contributed by atoms with E-state index in [9.17, 15) is 22.8 Å². The number of imidazole rings is 1. The van der Waals surface area contributed by atoms with Crippen molar-refractivity contribution in [3.05, 3.63) is 102 Å². The standard InChI is InChI=1S/C27H23F3N4O3/c28-27(29,30)37-23-11-5-4-10-19(23)25(35)32-21-13-15-34(16-20(21)18-8-2-1-3-9-18)26(36)22-17-33-14-7-6-12-24(33)31-22/h1-12,14,17,20-21H,13,15-16H2,(H,32,35)/t20-,21-/m1/s1. The molecular formula is C27H23F3N4O3. The Kier molecular flexibility index (Phi) is 6.56. The Balaban J connectivity index is 1.38. The van der Waals surface area contributed by atoms with Gasteiger partial charge in [-0.2, -0.15) is 0 Å². The van der Waals surface area contributed by atoms with Crippen LogP contribution in [0.15, 0.2) is 85.2 Å². The van der Waals surface area contributed by atoms with Crippen LogP contribution in [0.5, 0.6) is 5.75 Å². The Morgan fingerprint density at radius 3 is 2.46 bits per heavy atom. The van der Waals surface area contributed by atoms with Crippen LogP contribution in [0.25, 0.3) is 5.65 Å². The Bertz CT molecular complexity index is 1390. The summed E-state index contributed by atoms with van der Waals surface area (Å²) in [5, 5.41) is 2.89. The minimum absolute atomic E-state index is 0.213. The van der Waals surface area contributed by atoms with E-state index in [0.717, 1.165) is 11.6 Å². The molecule has 190 valence electrons. The molecule has 10 heteroatoms. The molecular weight excluding hydrogens is 485 g/mol. The molecule has 0 radical (unpaired) electrons. The molecule has 37 heavy (non-hydrogen) atoms. The molecule has 4 aromatic rings. The second-order valence-corrected chi connectivity index (χ2v) is 8.77. The molecule has 0 unspecified atom stereocenters. The average molecular weight is 509 g/mol. The third-order valence-electron chi connectivity index (χ3n) is 6.38. The maximum absolute atomic E-state index is 13.3. The van der Waals surface area contributed by atoms with Crippen molar-refractivity contribution in [3.8, 4) is 5.75 Å². The highest BCUT2D eigenvalue weighted by atomic mass is 19.4. The van der Waals surface area contributed by atoms with Gasteiger partial charge in [0.05, 0.1) is 5.56 Å². The fraction of sp³-hybridized carbons (Fsp3) is 0.222. The first-order chi connectivity index (χ1) is 17.8. The van der Waals surface area contributed by atoms with Crippen molar-refractivity contribution in [1.82, 2.24) is 19.6 Å². The molecule has 0 aliphatic carbocycles. The minimum atomic E-state index is -4.92. The number of pyridine rings is 1. The molecule has 2 aromatic heterocycles. The topological polar surface area (TPSA) is 75.9 Å². The number of carbonyl (C=O) groups excluding carboxylic acids is 2. The van der Waals surface area contributed by atoms with Crippen LogP contribution in [0.4, 0.5) is 13.2 Å². The number of alkyl halides is 3. The van der Waals surface area contributed by atoms with E-state index in [1.54, 1.807) is 15.5 Å². The number of benzene rings is 2. The van der Waals surface area contributed by atoms with Gasteiger partial charge in [0.1, 0.15) is 17.1 Å². The average Bonchev–Trinajstić information content (AvgIpc) is 3.33. The molecule has 5 rings (SSSR count). The van der Waals surface area contributed by atoms with Gasteiger partial charge in [0.15, 0.2) is 0 Å². The number of nitrogens with one attached hydrogen (secondary N) is 1. The molecule has 3 heterocycles. The van der Waals surface area contributed by atoms with Gasteiger partial charge in [0.2, 0.25) is 0 Å². The van der Waals surface area contributed by atoms with Gasteiger partial charge >= 0.3 is 6.36 Å². The lowest BCUT2D eigenvalue weighted by Crippen LogP contribution is -2.51. The Morgan fingerprint density at radius 2 is 1.70 bits per heavy atom. The predicted octanol–water partition coefficient (Wildman–Crippen LogP) is 4.66. The molecule has 2 atom stereocenters. The van der Waals surface area contributed by atoms with Crippen molar-refractivity contribution in [2.75, 3.05) is 13.1 Å². The fourth-order valence-corrected chi connectivity index (χ4v) is 4.66. The number of para-hydroxylation sites is 1. The predicted molar refractivity (Wildman–Crippen MR) is 129 cm³/mol. The van der Waals surface area contributed by atoms with Crippen molar-refractivity contribution >= 4 is 17.5 Å². The van der Waals surface area contributed by atoms with Crippen LogP contribution in [0, 0.1) is 0 Å². The number of amides is 2. The number of rotatable bonds is 5. The summed E-state index contributed by atoms with van der Waals surface area (Å²) in [6, 6.07) is 19.7. The minimum Gasteiger partial charge on any atom is -0.405 e. The lowest BCUT2D eigenvalue weighted by molar-refractivity contribution is -0.274. The zero-order valence-corrected chi connectivity index (χ0v) is 19.6. The summed E-state index contributed by atoms with van der Waals surface area (Å²) in [6.45, 7) is 0.657. The van der Waals surface area contributed by atoms with Crippen molar-refractivity contribution < 1.29 is 27.5 Å². The van der Waals surface area contributed by atoms with Crippen molar-refractivity contribution in [2.45, 2.75) is 24.7 Å². The lowest BCUT2D eigenvalue weighted by atomic mass is 9.85. The Labute approximate surface area is 210 Å². The maximum atomic E-state index is 13.3. The van der Waals surface area contributed by atoms with E-state index in [1.165, 1.54) is 18.2 Å². The van der Waals surface area contributed by atoms with E-state index in [1.807, 2.05) is 54.7 Å². The lowest BCUT2D eigenvalue weighted by Gasteiger charge is -2.39. The summed E-state index contributed by atoms with van der Waals surface area (Å²) < 4.78 is 44.4. The number of halogens is 3. The number of likely N-dealkylation sites (tertiary alicyclic amines) is 1. The van der Waals surface area contributed by atoms with Crippen LogP contribution in [0.2, 0.25) is 0 Å². The number of ether oxygens (including phenoxy) is 1. The van der Waals surface area contributed by atoms with Crippen LogP contribution in [0.3, 0.4) is 0 Å².